The van der Waals surface area contributed by atoms with Crippen LogP contribution in [0.1, 0.15) is 102 Å². The predicted octanol–water partition coefficient (Wildman–Crippen LogP) is 15.6. The van der Waals surface area contributed by atoms with E-state index in [1.54, 1.807) is 151 Å². The van der Waals surface area contributed by atoms with Crippen LogP contribution >= 0.6 is 0 Å². The summed E-state index contributed by atoms with van der Waals surface area (Å²) in [5.41, 5.74) is 1.93. The molecule has 45 heteroatoms. The Morgan fingerprint density at radius 1 is 0.356 bits per heavy atom. The number of hydrogen-bond donors (Lipinski definition) is 7. The number of rotatable bonds is 25. The number of halogens is 10. The van der Waals surface area contributed by atoms with Gasteiger partial charge in [-0.15, -0.1) is 0 Å². The fourth-order valence-corrected chi connectivity index (χ4v) is 14.5. The van der Waals surface area contributed by atoms with E-state index in [0.29, 0.717) is 37.4 Å². The van der Waals surface area contributed by atoms with Gasteiger partial charge >= 0.3 is 34.9 Å². The number of methoxy groups -OCH3 is 3. The summed E-state index contributed by atoms with van der Waals surface area (Å²) in [4.78, 5) is 71.1. The summed E-state index contributed by atoms with van der Waals surface area (Å²) in [6.45, 7) is 10.3. The number of hydrogen-bond acceptors (Lipinski definition) is 22. The van der Waals surface area contributed by atoms with E-state index in [2.05, 4.69) is 34.3 Å². The summed E-state index contributed by atoms with van der Waals surface area (Å²) in [7, 11) is -9.30. The molecular weight excluding hydrogens is 1860 g/mol. The number of carbonyl (C=O) groups excluding carboxylic acids is 5. The number of aromatic carboxylic acids is 1. The van der Waals surface area contributed by atoms with Crippen molar-refractivity contribution in [3.8, 4) is 33.4 Å². The molecule has 0 aliphatic heterocycles. The maximum Gasteiger partial charge on any atom is 0.485 e. The molecule has 0 saturated carbocycles. The summed E-state index contributed by atoms with van der Waals surface area (Å²) in [6, 6.07) is 48.0. The van der Waals surface area contributed by atoms with E-state index in [9.17, 15) is 97.9 Å². The number of ether oxygens (including phenoxy) is 3. The van der Waals surface area contributed by atoms with Crippen molar-refractivity contribution >= 4 is 114 Å². The first-order chi connectivity index (χ1) is 58.8. The molecule has 30 nitrogen and oxygen atoms in total. The Labute approximate surface area is 762 Å². The molecule has 0 saturated heterocycles. The summed E-state index contributed by atoms with van der Waals surface area (Å²) >= 11 is 0. The third-order valence-corrected chi connectivity index (χ3v) is 23.0. The number of carbonyl (C=O) groups is 6. The molecule has 9 aromatic rings. The molecule has 0 heterocycles. The number of quaternary nitrogens is 2. The first-order valence-corrected chi connectivity index (χ1v) is 44.3. The number of amides is 2. The lowest BCUT2D eigenvalue weighted by atomic mass is 10.1. The summed E-state index contributed by atoms with van der Waals surface area (Å²) in [5.74, 6) is -8.01. The molecule has 0 aliphatic rings. The van der Waals surface area contributed by atoms with E-state index in [-0.39, 0.29) is 78.8 Å². The van der Waals surface area contributed by atoms with Crippen LogP contribution in [0.15, 0.2) is 215 Å². The van der Waals surface area contributed by atoms with Gasteiger partial charge in [0, 0.05) is 40.3 Å². The minimum atomic E-state index is -6.09. The van der Waals surface area contributed by atoms with Gasteiger partial charge in [0.1, 0.15) is 18.1 Å². The van der Waals surface area contributed by atoms with Crippen molar-refractivity contribution in [2.24, 2.45) is 17.8 Å². The number of esters is 3. The zero-order chi connectivity index (χ0) is 97.5. The average molecular weight is 1970 g/mol. The standard InChI is InChI=1S/C28H32FN3O5S.C25H24F2N2O5S.C18H22N2O4S.C10H12FNO2.2CHF3O3S.4CH4/c1-18(2)26(28(34)37-6)31-38(35,36)23-14-9-20(10-15-23)19-7-12-22(13-8-19)30-27(33)21-11-16-25(24(29)17-21)32(3,4)5;1-15(2)23(25(31)34-3)29-35(32,33)20-11-6-17(7-12-20)16-4-9-19(10-5-16)28-24(30)18-8-13-21(26)22(27)14-18;1-12(2)17(18(21)24-3)20-25(22,23)16-10-6-14(7-11-16)13-4-8-15(19)9-5-13;1-12(2,3)9-5-4-7(10(13)14)6-8(9)11;2*2-1(3,4)8(5,6)7;;;;/h7-18,26,31H,1-6H3;4-15,23,29H,1-3H3,(H,28,30);4-12,17,20H,19H2,1-3H3;4-6H,1-3H3;2*(H,5,6,7);4*1H4/t26-;23-;17-;;;;;;;/m000......./s1/i;26-1;;;;;;;;. The van der Waals surface area contributed by atoms with Crippen molar-refractivity contribution in [1.29, 1.82) is 0 Å². The first-order valence-electron chi connectivity index (χ1n) is 37.1. The van der Waals surface area contributed by atoms with Crippen molar-refractivity contribution in [2.75, 3.05) is 80.0 Å². The molecule has 0 aliphatic carbocycles. The molecule has 9 aromatic carbocycles. The van der Waals surface area contributed by atoms with Gasteiger partial charge in [0.25, 0.3) is 11.8 Å². The molecule has 3 atom stereocenters. The van der Waals surface area contributed by atoms with Crippen molar-refractivity contribution in [1.82, 2.24) is 23.1 Å². The highest BCUT2D eigenvalue weighted by Crippen LogP contribution is 2.31. The summed E-state index contributed by atoms with van der Waals surface area (Å²) in [5, 5.41) is 14.0. The van der Waals surface area contributed by atoms with Gasteiger partial charge in [0.15, 0.2) is 54.9 Å². The van der Waals surface area contributed by atoms with Gasteiger partial charge in [0.2, 0.25) is 30.1 Å². The molecule has 0 radical (unpaired) electrons. The monoisotopic (exact) mass is 1970 g/mol. The Morgan fingerprint density at radius 3 is 0.788 bits per heavy atom. The maximum atomic E-state index is 14.5. The SMILES string of the molecule is C.C.C.C.COC(=O)[C@@H](NS(=O)(=O)c1ccc(-c2ccc(N)cc2)cc1)C(C)C.COC(=O)[C@@H](NS(=O)(=O)c1ccc(-c2ccc(NC(=O)c3ccc([18F])c(F)c3)cc2)cc1)C(C)C.COC(=O)[C@@H](NS(=O)(=O)c1ccc(-c2ccc(NC(=O)c3ccc([N+](C)(C)C)c(F)c3)cc2)cc1)C(C)C.C[N+](C)(C)c1ccc(C(=O)O)cc1F.O=S(=O)([O-])C(F)(F)F.O=S(=O)([O-])C(F)(F)F. The van der Waals surface area contributed by atoms with Crippen LogP contribution in [0.3, 0.4) is 0 Å². The molecule has 0 bridgehead atoms. The number of alkyl halides is 6. The molecule has 0 aromatic heterocycles. The number of anilines is 3. The fraction of sp³-hybridized carbons (Fsp3) is 0.310. The smallest absolute Gasteiger partial charge is 0.485 e. The van der Waals surface area contributed by atoms with Gasteiger partial charge < -0.3 is 44.8 Å². The number of benzene rings is 9. The lowest BCUT2D eigenvalue weighted by Crippen LogP contribution is -2.44. The highest BCUT2D eigenvalue weighted by atomic mass is 32.2. The Balaban J connectivity index is 0.00000168. The van der Waals surface area contributed by atoms with Gasteiger partial charge in [0.05, 0.1) is 83.9 Å². The van der Waals surface area contributed by atoms with Crippen LogP contribution in [-0.2, 0) is 78.9 Å². The number of carboxylic acid groups (broad SMARTS) is 1. The van der Waals surface area contributed by atoms with E-state index in [1.165, 1.54) is 82.0 Å². The number of nitrogen functional groups attached to an aromatic ring is 1. The lowest BCUT2D eigenvalue weighted by molar-refractivity contribution is -0.144. The molecule has 728 valence electrons. The minimum absolute atomic E-state index is 0. The van der Waals surface area contributed by atoms with E-state index in [0.717, 1.165) is 51.6 Å². The average Bonchev–Trinajstić information content (AvgIpc) is 0.818. The van der Waals surface area contributed by atoms with Gasteiger partial charge in [-0.25, -0.2) is 64.4 Å². The van der Waals surface area contributed by atoms with Crippen molar-refractivity contribution in [3.05, 3.63) is 240 Å². The predicted molar refractivity (Wildman–Crippen MR) is 483 cm³/mol. The Morgan fingerprint density at radius 2 is 0.576 bits per heavy atom. The maximum absolute atomic E-state index is 14.5. The van der Waals surface area contributed by atoms with Crippen LogP contribution < -0.4 is 39.5 Å². The minimum Gasteiger partial charge on any atom is -0.741 e. The van der Waals surface area contributed by atoms with E-state index in [4.69, 9.17) is 41.5 Å². The largest absolute Gasteiger partial charge is 0.741 e. The number of carboxylic acids is 1. The molecule has 0 unspecified atom stereocenters. The summed E-state index contributed by atoms with van der Waals surface area (Å²) in [6.07, 6.45) is 0. The number of nitrogens with zero attached hydrogens (tertiary/aromatic N) is 2. The van der Waals surface area contributed by atoms with Gasteiger partial charge in [-0.05, 0) is 166 Å². The van der Waals surface area contributed by atoms with E-state index < -0.39 is 138 Å². The van der Waals surface area contributed by atoms with Crippen molar-refractivity contribution in [2.45, 2.75) is 115 Å². The molecular formula is C87H108F10N8O22S5. The van der Waals surface area contributed by atoms with Crippen LogP contribution in [0.5, 0.6) is 0 Å². The van der Waals surface area contributed by atoms with E-state index in [1.807, 2.05) is 54.4 Å². The number of nitrogens with two attached hydrogens (primary N) is 1. The molecule has 0 fully saturated rings. The number of nitrogens with one attached hydrogen (secondary N) is 5. The normalized spacial score (nSPS) is 12.3. The second kappa shape index (κ2) is 50.3. The van der Waals surface area contributed by atoms with Gasteiger partial charge in [-0.2, -0.15) is 40.5 Å². The zero-order valence-corrected chi connectivity index (χ0v) is 74.9. The number of sulfonamides is 3. The molecule has 2 amide bonds. The van der Waals surface area contributed by atoms with Crippen molar-refractivity contribution in [3.63, 3.8) is 0 Å². The topological polar surface area (TPSA) is 453 Å². The zero-order valence-electron chi connectivity index (χ0n) is 70.8. The second-order valence-corrected chi connectivity index (χ2v) is 37.8. The third kappa shape index (κ3) is 36.2. The highest BCUT2D eigenvalue weighted by molar-refractivity contribution is 7.90. The van der Waals surface area contributed by atoms with Crippen molar-refractivity contribution < 1.29 is 143 Å². The van der Waals surface area contributed by atoms with Crippen LogP contribution in [0, 0.1) is 41.0 Å². The second-order valence-electron chi connectivity index (χ2n) is 29.9. The van der Waals surface area contributed by atoms with Gasteiger partial charge in [-0.3, -0.25) is 32.9 Å². The fourth-order valence-electron chi connectivity index (χ4n) is 10.5. The molecule has 8 N–H and O–H groups in total. The van der Waals surface area contributed by atoms with Crippen LogP contribution in [0.4, 0.5) is 72.3 Å². The molecule has 9 rings (SSSR count). The highest BCUT2D eigenvalue weighted by Gasteiger charge is 2.38. The Kier molecular flexibility index (Phi) is 45.9. The van der Waals surface area contributed by atoms with Crippen LogP contribution in [0.2, 0.25) is 0 Å². The third-order valence-electron chi connectivity index (χ3n) is 17.5. The van der Waals surface area contributed by atoms with Gasteiger partial charge in [-0.1, -0.05) is 144 Å². The molecule has 0 spiro atoms. The lowest BCUT2D eigenvalue weighted by Gasteiger charge is -2.23. The van der Waals surface area contributed by atoms with E-state index >= 15 is 0 Å². The first kappa shape index (κ1) is 120. The van der Waals surface area contributed by atoms with Crippen LogP contribution in [-0.4, -0.2) is 185 Å². The van der Waals surface area contributed by atoms with Crippen LogP contribution in [0.25, 0.3) is 33.4 Å². The summed E-state index contributed by atoms with van der Waals surface area (Å²) < 4.78 is 270. The Hall–Kier alpha value is -11.6. The molecule has 132 heavy (non-hydrogen) atoms. The quantitative estimate of drug-likeness (QED) is 0.00531. The Bertz CT molecular complexity index is 5940.